The molecule has 3 aromatic carbocycles. The summed E-state index contributed by atoms with van der Waals surface area (Å²) in [6, 6.07) is 32.5. The third-order valence-electron chi connectivity index (χ3n) is 10.8. The Morgan fingerprint density at radius 2 is 1.63 bits per heavy atom. The largest absolute Gasteiger partial charge is 2.00 e. The summed E-state index contributed by atoms with van der Waals surface area (Å²) in [5, 5.41) is 0. The van der Waals surface area contributed by atoms with Gasteiger partial charge in [-0.2, -0.15) is 5.56 Å². The molecule has 1 aliphatic carbocycles. The van der Waals surface area contributed by atoms with E-state index in [0.717, 1.165) is 39.6 Å². The molecule has 1 fully saturated rings. The van der Waals surface area contributed by atoms with Crippen LogP contribution in [0, 0.1) is 25.0 Å². The number of aryl methyl sites for hydroxylation is 1. The molecule has 0 bridgehead atoms. The van der Waals surface area contributed by atoms with E-state index >= 15 is 0 Å². The molecule has 6 nitrogen and oxygen atoms in total. The fraction of sp³-hybridized carbons (Fsp3) is 0.356. The van der Waals surface area contributed by atoms with E-state index in [1.165, 1.54) is 48.8 Å². The van der Waals surface area contributed by atoms with Crippen LogP contribution >= 0.6 is 0 Å². The summed E-state index contributed by atoms with van der Waals surface area (Å²) >= 11 is 0. The Morgan fingerprint density at radius 1 is 0.846 bits per heavy atom. The van der Waals surface area contributed by atoms with Gasteiger partial charge >= 0.3 is 21.1 Å². The van der Waals surface area contributed by atoms with Crippen LogP contribution in [0.15, 0.2) is 90.2 Å². The van der Waals surface area contributed by atoms with Crippen molar-refractivity contribution in [1.29, 1.82) is 0 Å². The number of ether oxygens (including phenoxy) is 2. The Hall–Kier alpha value is -4.28. The Labute approximate surface area is 323 Å². The van der Waals surface area contributed by atoms with Crippen molar-refractivity contribution in [2.75, 3.05) is 11.5 Å². The van der Waals surface area contributed by atoms with Gasteiger partial charge < -0.3 is 14.4 Å². The smallest absolute Gasteiger partial charge is 0.518 e. The first kappa shape index (κ1) is 36.1. The van der Waals surface area contributed by atoms with Crippen LogP contribution < -0.4 is 9.64 Å². The van der Waals surface area contributed by atoms with E-state index in [1.807, 2.05) is 48.8 Å². The quantitative estimate of drug-likeness (QED) is 0.159. The second-order valence-corrected chi connectivity index (χ2v) is 15.9. The number of hydrogen-bond donors (Lipinski definition) is 0. The number of aromatic nitrogens is 2. The zero-order chi connectivity index (χ0) is 35.3. The third kappa shape index (κ3) is 6.95. The second kappa shape index (κ2) is 14.3. The van der Waals surface area contributed by atoms with Gasteiger partial charge in [0.2, 0.25) is 0 Å². The molecular formula is C45H46N4O2Pt. The van der Waals surface area contributed by atoms with Crippen molar-refractivity contribution in [2.24, 2.45) is 10.9 Å². The summed E-state index contributed by atoms with van der Waals surface area (Å²) in [5.74, 6) is 3.27. The number of rotatable bonds is 6. The zero-order valence-electron chi connectivity index (χ0n) is 30.9. The van der Waals surface area contributed by atoms with Crippen molar-refractivity contribution in [3.63, 3.8) is 0 Å². The minimum Gasteiger partial charge on any atom is -0.518 e. The number of nitrogens with zero attached hydrogens (tertiary/aromatic N) is 4. The van der Waals surface area contributed by atoms with Crippen LogP contribution in [0.3, 0.4) is 0 Å². The van der Waals surface area contributed by atoms with E-state index in [0.29, 0.717) is 29.9 Å². The van der Waals surface area contributed by atoms with Gasteiger partial charge in [0.25, 0.3) is 0 Å². The van der Waals surface area contributed by atoms with E-state index in [1.54, 1.807) is 0 Å². The summed E-state index contributed by atoms with van der Waals surface area (Å²) < 4.78 is 12.9. The summed E-state index contributed by atoms with van der Waals surface area (Å²) in [6.07, 6.45) is 10.0. The van der Waals surface area contributed by atoms with Crippen LogP contribution in [0.1, 0.15) is 94.5 Å². The Bertz CT molecular complexity index is 2110. The molecular weight excluding hydrogens is 824 g/mol. The van der Waals surface area contributed by atoms with Gasteiger partial charge in [0.1, 0.15) is 11.7 Å². The van der Waals surface area contributed by atoms with Crippen LogP contribution in [-0.4, -0.2) is 28.5 Å². The molecule has 268 valence electrons. The summed E-state index contributed by atoms with van der Waals surface area (Å²) in [6.45, 7) is 14.1. The molecule has 1 saturated carbocycles. The van der Waals surface area contributed by atoms with Gasteiger partial charge in [-0.1, -0.05) is 114 Å². The molecule has 0 unspecified atom stereocenters. The SMILES string of the molecule is Cc1cc(Oc2[c-]c(C3=N[C@H](C4CCCCC4)CO3)cc(-c3ccccn3)c2)[c-]c(N2c3ccc(C(C)(C)C)cc3C(C)(C)c3cccnc32)c1.[Pt+2]. The Morgan fingerprint density at radius 3 is 2.40 bits per heavy atom. The monoisotopic (exact) mass is 869 g/mol. The van der Waals surface area contributed by atoms with Gasteiger partial charge in [-0.15, -0.1) is 24.3 Å². The van der Waals surface area contributed by atoms with E-state index in [-0.39, 0.29) is 37.9 Å². The molecule has 7 heteroatoms. The van der Waals surface area contributed by atoms with Gasteiger partial charge in [-0.3, -0.25) is 9.98 Å². The van der Waals surface area contributed by atoms with Crippen molar-refractivity contribution in [3.8, 4) is 22.8 Å². The first-order valence-electron chi connectivity index (χ1n) is 18.4. The average Bonchev–Trinajstić information content (AvgIpc) is 3.63. The molecule has 4 heterocycles. The minimum atomic E-state index is -0.238. The van der Waals surface area contributed by atoms with Gasteiger partial charge in [0, 0.05) is 40.6 Å². The molecule has 0 saturated heterocycles. The standard InChI is InChI=1S/C45H46N4O2.Pt/c1-29-21-34(49-41-18-17-33(44(2,3)4)26-38(41)45(5,6)37-15-12-20-47-42(37)49)27-35(22-29)51-36-24-31(39-16-10-11-19-46-39)23-32(25-36)43-48-40(28-50-43)30-13-8-7-9-14-30;/h10-12,15-24,26,30,40H,7-9,13-14,28H2,1-6H3;/q-2;+2/t40-;/m0./s1. The molecule has 3 aliphatic rings. The van der Waals surface area contributed by atoms with Crippen molar-refractivity contribution < 1.29 is 30.5 Å². The van der Waals surface area contributed by atoms with Crippen LogP contribution in [-0.2, 0) is 36.6 Å². The van der Waals surface area contributed by atoms with Gasteiger partial charge in [0.15, 0.2) is 0 Å². The maximum absolute atomic E-state index is 6.68. The number of benzene rings is 3. The molecule has 0 spiro atoms. The fourth-order valence-corrected chi connectivity index (χ4v) is 7.91. The molecule has 0 amide bonds. The Balaban J connectivity index is 0.00000420. The van der Waals surface area contributed by atoms with Crippen molar-refractivity contribution >= 4 is 23.1 Å². The summed E-state index contributed by atoms with van der Waals surface area (Å²) in [7, 11) is 0. The second-order valence-electron chi connectivity index (χ2n) is 15.9. The van der Waals surface area contributed by atoms with E-state index in [4.69, 9.17) is 19.5 Å². The van der Waals surface area contributed by atoms with Gasteiger partial charge in [-0.25, -0.2) is 4.98 Å². The summed E-state index contributed by atoms with van der Waals surface area (Å²) in [5.41, 5.74) is 9.08. The van der Waals surface area contributed by atoms with E-state index < -0.39 is 0 Å². The van der Waals surface area contributed by atoms with Crippen molar-refractivity contribution in [3.05, 3.63) is 125 Å². The van der Waals surface area contributed by atoms with E-state index in [9.17, 15) is 0 Å². The van der Waals surface area contributed by atoms with Gasteiger partial charge in [-0.05, 0) is 59.6 Å². The number of aliphatic imine (C=N–C) groups is 1. The Kier molecular flexibility index (Phi) is 9.91. The third-order valence-corrected chi connectivity index (χ3v) is 10.8. The number of fused-ring (bicyclic) bond motifs is 2. The predicted octanol–water partition coefficient (Wildman–Crippen LogP) is 11.0. The molecule has 8 rings (SSSR count). The maximum Gasteiger partial charge on any atom is 2.00 e. The van der Waals surface area contributed by atoms with Crippen LogP contribution in [0.5, 0.6) is 11.5 Å². The van der Waals surface area contributed by atoms with Crippen LogP contribution in [0.25, 0.3) is 11.3 Å². The fourth-order valence-electron chi connectivity index (χ4n) is 7.91. The molecule has 1 atom stereocenters. The average molecular weight is 870 g/mol. The van der Waals surface area contributed by atoms with Crippen LogP contribution in [0.2, 0.25) is 0 Å². The van der Waals surface area contributed by atoms with E-state index in [2.05, 4.69) is 100.0 Å². The van der Waals surface area contributed by atoms with Crippen molar-refractivity contribution in [2.45, 2.75) is 90.5 Å². The zero-order valence-corrected chi connectivity index (χ0v) is 33.2. The molecule has 52 heavy (non-hydrogen) atoms. The topological polar surface area (TPSA) is 59.8 Å². The number of pyridine rings is 2. The molecule has 2 aromatic heterocycles. The number of hydrogen-bond acceptors (Lipinski definition) is 6. The molecule has 5 aromatic rings. The summed E-state index contributed by atoms with van der Waals surface area (Å²) in [4.78, 5) is 16.9. The number of anilines is 3. The normalized spacial score (nSPS) is 18.1. The minimum absolute atomic E-state index is 0. The van der Waals surface area contributed by atoms with Gasteiger partial charge in [0.05, 0.1) is 18.3 Å². The molecule has 0 radical (unpaired) electrons. The predicted molar refractivity (Wildman–Crippen MR) is 205 cm³/mol. The van der Waals surface area contributed by atoms with Crippen molar-refractivity contribution in [1.82, 2.24) is 9.97 Å². The first-order chi connectivity index (χ1) is 24.5. The molecule has 0 N–H and O–H groups in total. The first-order valence-corrected chi connectivity index (χ1v) is 18.4. The maximum atomic E-state index is 6.68. The molecule has 2 aliphatic heterocycles. The van der Waals surface area contributed by atoms with Crippen LogP contribution in [0.4, 0.5) is 17.2 Å².